The van der Waals surface area contributed by atoms with Gasteiger partial charge in [-0.05, 0) is 42.1 Å². The Morgan fingerprint density at radius 2 is 2.18 bits per heavy atom. The van der Waals surface area contributed by atoms with E-state index in [1.54, 1.807) is 0 Å². The van der Waals surface area contributed by atoms with Crippen LogP contribution in [0.1, 0.15) is 45.5 Å². The molecule has 0 aliphatic rings. The van der Waals surface area contributed by atoms with Gasteiger partial charge in [0.1, 0.15) is 0 Å². The summed E-state index contributed by atoms with van der Waals surface area (Å²) < 4.78 is 3.21. The molecule has 1 unspecified atom stereocenters. The zero-order valence-corrected chi connectivity index (χ0v) is 13.4. The molecule has 0 saturated heterocycles. The fraction of sp³-hybridized carbons (Fsp3) is 0.750. The van der Waals surface area contributed by atoms with E-state index in [1.165, 1.54) is 5.69 Å². The average Bonchev–Trinajstić information content (AvgIpc) is 2.66. The van der Waals surface area contributed by atoms with Gasteiger partial charge in [-0.25, -0.2) is 0 Å². The van der Waals surface area contributed by atoms with E-state index < -0.39 is 0 Å². The zero-order chi connectivity index (χ0) is 12.8. The van der Waals surface area contributed by atoms with Crippen LogP contribution in [0.4, 0.5) is 0 Å². The SMILES string of the molecule is CCNC(CSCC)c1c(Br)cnn1C(C)C. The molecular weight excluding hydrogens is 298 g/mol. The second kappa shape index (κ2) is 7.44. The monoisotopic (exact) mass is 319 g/mol. The van der Waals surface area contributed by atoms with Crippen LogP contribution in [0, 0.1) is 0 Å². The van der Waals surface area contributed by atoms with Crippen molar-refractivity contribution in [1.82, 2.24) is 15.1 Å². The fourth-order valence-electron chi connectivity index (χ4n) is 1.80. The summed E-state index contributed by atoms with van der Waals surface area (Å²) >= 11 is 5.57. The third kappa shape index (κ3) is 4.00. The van der Waals surface area contributed by atoms with Gasteiger partial charge in [0.15, 0.2) is 0 Å². The molecule has 0 amide bonds. The second-order valence-corrected chi connectivity index (χ2v) is 6.36. The van der Waals surface area contributed by atoms with Crippen LogP contribution in [0.2, 0.25) is 0 Å². The maximum Gasteiger partial charge on any atom is 0.0707 e. The van der Waals surface area contributed by atoms with Gasteiger partial charge < -0.3 is 5.32 Å². The van der Waals surface area contributed by atoms with Crippen LogP contribution in [-0.2, 0) is 0 Å². The van der Waals surface area contributed by atoms with E-state index in [1.807, 2.05) is 18.0 Å². The molecule has 0 aromatic carbocycles. The number of nitrogens with one attached hydrogen (secondary N) is 1. The first-order valence-corrected chi connectivity index (χ1v) is 8.10. The Balaban J connectivity index is 2.94. The molecule has 1 aromatic rings. The molecule has 0 fully saturated rings. The van der Waals surface area contributed by atoms with E-state index >= 15 is 0 Å². The van der Waals surface area contributed by atoms with Gasteiger partial charge >= 0.3 is 0 Å². The maximum atomic E-state index is 4.45. The average molecular weight is 320 g/mol. The Hall–Kier alpha value is 0. The molecular formula is C12H22BrN3S. The van der Waals surface area contributed by atoms with E-state index in [-0.39, 0.29) is 0 Å². The summed E-state index contributed by atoms with van der Waals surface area (Å²) in [6, 6.07) is 0.758. The lowest BCUT2D eigenvalue weighted by Gasteiger charge is -2.21. The molecule has 0 aliphatic heterocycles. The minimum atomic E-state index is 0.365. The van der Waals surface area contributed by atoms with E-state index in [0.29, 0.717) is 12.1 Å². The molecule has 0 saturated carbocycles. The predicted molar refractivity (Wildman–Crippen MR) is 79.7 cm³/mol. The van der Waals surface area contributed by atoms with Crippen molar-refractivity contribution in [3.05, 3.63) is 16.4 Å². The molecule has 98 valence electrons. The topological polar surface area (TPSA) is 29.9 Å². The Labute approximate surface area is 117 Å². The van der Waals surface area contributed by atoms with Crippen molar-refractivity contribution in [2.24, 2.45) is 0 Å². The highest BCUT2D eigenvalue weighted by molar-refractivity contribution is 9.10. The highest BCUT2D eigenvalue weighted by atomic mass is 79.9. The number of nitrogens with zero attached hydrogens (tertiary/aromatic N) is 2. The van der Waals surface area contributed by atoms with Crippen LogP contribution in [-0.4, -0.2) is 27.8 Å². The van der Waals surface area contributed by atoms with Crippen molar-refractivity contribution in [2.45, 2.75) is 39.8 Å². The highest BCUT2D eigenvalue weighted by Gasteiger charge is 2.20. The molecule has 0 spiro atoms. The lowest BCUT2D eigenvalue weighted by atomic mass is 10.2. The molecule has 1 N–H and O–H groups in total. The van der Waals surface area contributed by atoms with Gasteiger partial charge in [-0.1, -0.05) is 13.8 Å². The summed E-state index contributed by atoms with van der Waals surface area (Å²) in [4.78, 5) is 0. The van der Waals surface area contributed by atoms with Gasteiger partial charge in [-0.2, -0.15) is 16.9 Å². The maximum absolute atomic E-state index is 4.45. The first-order chi connectivity index (χ1) is 8.11. The number of halogens is 1. The number of aromatic nitrogens is 2. The zero-order valence-electron chi connectivity index (χ0n) is 11.0. The lowest BCUT2D eigenvalue weighted by molar-refractivity contribution is 0.467. The van der Waals surface area contributed by atoms with Crippen molar-refractivity contribution in [3.63, 3.8) is 0 Å². The molecule has 1 heterocycles. The van der Waals surface area contributed by atoms with Gasteiger partial charge in [0, 0.05) is 11.8 Å². The van der Waals surface area contributed by atoms with Crippen molar-refractivity contribution in [1.29, 1.82) is 0 Å². The smallest absolute Gasteiger partial charge is 0.0707 e. The van der Waals surface area contributed by atoms with Gasteiger partial charge in [-0.15, -0.1) is 0 Å². The standard InChI is InChI=1S/C12H22BrN3S/c1-5-14-11(8-17-6-2)12-10(13)7-15-16(12)9(3)4/h7,9,11,14H,5-6,8H2,1-4H3. The molecule has 3 nitrogen and oxygen atoms in total. The molecule has 17 heavy (non-hydrogen) atoms. The summed E-state index contributed by atoms with van der Waals surface area (Å²) in [5.41, 5.74) is 1.27. The Bertz CT molecular complexity index is 338. The van der Waals surface area contributed by atoms with Crippen LogP contribution in [0.15, 0.2) is 10.7 Å². The molecule has 0 aliphatic carbocycles. The Kier molecular flexibility index (Phi) is 6.59. The lowest BCUT2D eigenvalue weighted by Crippen LogP contribution is -2.26. The van der Waals surface area contributed by atoms with Crippen LogP contribution in [0.3, 0.4) is 0 Å². The Morgan fingerprint density at radius 1 is 1.47 bits per heavy atom. The van der Waals surface area contributed by atoms with Gasteiger partial charge in [0.05, 0.1) is 22.4 Å². The van der Waals surface area contributed by atoms with E-state index in [0.717, 1.165) is 22.5 Å². The molecule has 0 radical (unpaired) electrons. The minimum absolute atomic E-state index is 0.365. The minimum Gasteiger partial charge on any atom is -0.308 e. The number of hydrogen-bond acceptors (Lipinski definition) is 3. The van der Waals surface area contributed by atoms with Crippen molar-refractivity contribution in [3.8, 4) is 0 Å². The first-order valence-electron chi connectivity index (χ1n) is 6.15. The molecule has 1 atom stereocenters. The third-order valence-electron chi connectivity index (χ3n) is 2.55. The van der Waals surface area contributed by atoms with E-state index in [4.69, 9.17) is 0 Å². The molecule has 5 heteroatoms. The third-order valence-corrected chi connectivity index (χ3v) is 4.13. The molecule has 0 bridgehead atoms. The predicted octanol–water partition coefficient (Wildman–Crippen LogP) is 3.63. The summed E-state index contributed by atoms with van der Waals surface area (Å²) in [6.45, 7) is 9.65. The Morgan fingerprint density at radius 3 is 2.71 bits per heavy atom. The van der Waals surface area contributed by atoms with E-state index in [9.17, 15) is 0 Å². The fourth-order valence-corrected chi connectivity index (χ4v) is 3.10. The van der Waals surface area contributed by atoms with Crippen LogP contribution in [0.25, 0.3) is 0 Å². The second-order valence-electron chi connectivity index (χ2n) is 4.19. The first kappa shape index (κ1) is 15.1. The number of thioether (sulfide) groups is 1. The van der Waals surface area contributed by atoms with Crippen LogP contribution < -0.4 is 5.32 Å². The normalized spacial score (nSPS) is 13.3. The van der Waals surface area contributed by atoms with E-state index in [2.05, 4.69) is 58.7 Å². The summed E-state index contributed by atoms with van der Waals surface area (Å²) in [5.74, 6) is 2.23. The summed E-state index contributed by atoms with van der Waals surface area (Å²) in [6.07, 6.45) is 1.90. The van der Waals surface area contributed by atoms with Crippen molar-refractivity contribution in [2.75, 3.05) is 18.1 Å². The van der Waals surface area contributed by atoms with Gasteiger partial charge in [0.25, 0.3) is 0 Å². The molecule has 1 rings (SSSR count). The molecule has 1 aromatic heterocycles. The highest BCUT2D eigenvalue weighted by Crippen LogP contribution is 2.28. The summed E-state index contributed by atoms with van der Waals surface area (Å²) in [5, 5.41) is 7.99. The largest absolute Gasteiger partial charge is 0.308 e. The van der Waals surface area contributed by atoms with Crippen LogP contribution in [0.5, 0.6) is 0 Å². The van der Waals surface area contributed by atoms with Crippen molar-refractivity contribution >= 4 is 27.7 Å². The van der Waals surface area contributed by atoms with Gasteiger partial charge in [-0.3, -0.25) is 4.68 Å². The quantitative estimate of drug-likeness (QED) is 0.832. The van der Waals surface area contributed by atoms with Crippen LogP contribution >= 0.6 is 27.7 Å². The number of rotatable bonds is 7. The summed E-state index contributed by atoms with van der Waals surface area (Å²) in [7, 11) is 0. The van der Waals surface area contributed by atoms with Gasteiger partial charge in [0.2, 0.25) is 0 Å². The number of hydrogen-bond donors (Lipinski definition) is 1. The van der Waals surface area contributed by atoms with Crippen molar-refractivity contribution < 1.29 is 0 Å².